The van der Waals surface area contributed by atoms with Gasteiger partial charge in [0.25, 0.3) is 0 Å². The lowest BCUT2D eigenvalue weighted by atomic mass is 10.1. The zero-order valence-corrected chi connectivity index (χ0v) is 14.4. The zero-order chi connectivity index (χ0) is 18.1. The minimum absolute atomic E-state index is 0.103. The Bertz CT molecular complexity index is 1050. The molecule has 4 rings (SSSR count). The lowest BCUT2D eigenvalue weighted by Crippen LogP contribution is -2.12. The molecule has 5 nitrogen and oxygen atoms in total. The highest BCUT2D eigenvalue weighted by molar-refractivity contribution is 5.97. The zero-order valence-electron chi connectivity index (χ0n) is 14.4. The van der Waals surface area contributed by atoms with E-state index in [-0.39, 0.29) is 18.0 Å². The second-order valence-corrected chi connectivity index (χ2v) is 6.30. The molecule has 1 aliphatic rings. The van der Waals surface area contributed by atoms with E-state index in [1.54, 1.807) is 43.5 Å². The highest BCUT2D eigenvalue weighted by Crippen LogP contribution is 2.29. The largest absolute Gasteiger partial charge is 0.497 e. The molecule has 0 fully saturated rings. The Morgan fingerprint density at radius 1 is 1.08 bits per heavy atom. The van der Waals surface area contributed by atoms with Crippen molar-refractivity contribution in [1.29, 1.82) is 0 Å². The van der Waals surface area contributed by atoms with Gasteiger partial charge in [-0.3, -0.25) is 4.79 Å². The number of methoxy groups -OCH3 is 1. The molecule has 26 heavy (non-hydrogen) atoms. The van der Waals surface area contributed by atoms with Gasteiger partial charge in [0.15, 0.2) is 12.4 Å². The minimum atomic E-state index is -0.269. The average molecular weight is 350 g/mol. The van der Waals surface area contributed by atoms with Crippen molar-refractivity contribution in [3.05, 3.63) is 69.6 Å². The second-order valence-electron chi connectivity index (χ2n) is 6.30. The van der Waals surface area contributed by atoms with Crippen molar-refractivity contribution in [3.8, 4) is 11.5 Å². The van der Waals surface area contributed by atoms with Gasteiger partial charge in [-0.25, -0.2) is 4.79 Å². The Labute approximate surface area is 150 Å². The Morgan fingerprint density at radius 3 is 2.77 bits per heavy atom. The smallest absolute Gasteiger partial charge is 0.339 e. The molecule has 132 valence electrons. The Morgan fingerprint density at radius 2 is 1.92 bits per heavy atom. The van der Waals surface area contributed by atoms with Crippen molar-refractivity contribution in [2.75, 3.05) is 13.7 Å². The van der Waals surface area contributed by atoms with Crippen LogP contribution in [0.2, 0.25) is 0 Å². The molecule has 0 N–H and O–H groups in total. The van der Waals surface area contributed by atoms with E-state index in [1.807, 2.05) is 6.07 Å². The Hall–Kier alpha value is -3.08. The van der Waals surface area contributed by atoms with E-state index >= 15 is 0 Å². The number of Topliss-reactive ketones (excluding diaryl/α,β-unsaturated/α-hetero) is 1. The number of aryl methyl sites for hydroxylation is 1. The van der Waals surface area contributed by atoms with Gasteiger partial charge in [0, 0.05) is 22.6 Å². The highest BCUT2D eigenvalue weighted by atomic mass is 16.5. The van der Waals surface area contributed by atoms with Crippen molar-refractivity contribution in [2.24, 2.45) is 0 Å². The highest BCUT2D eigenvalue weighted by Gasteiger charge is 2.19. The molecule has 1 aromatic heterocycles. The summed E-state index contributed by atoms with van der Waals surface area (Å²) in [5, 5.41) is 0.948. The third kappa shape index (κ3) is 2.96. The standard InChI is InChI=1S/C21H18O5/c1-24-14-5-2-4-13(10-14)19(22)12-25-15-8-9-17-16-6-3-7-18(16)21(23)26-20(17)11-15/h2,4-5,8-11H,3,6-7,12H2,1H3. The summed E-state index contributed by atoms with van der Waals surface area (Å²) in [5.74, 6) is 0.964. The number of ether oxygens (including phenoxy) is 2. The molecule has 3 aromatic rings. The summed E-state index contributed by atoms with van der Waals surface area (Å²) in [5.41, 5.74) is 2.63. The van der Waals surface area contributed by atoms with Gasteiger partial charge in [-0.1, -0.05) is 12.1 Å². The van der Waals surface area contributed by atoms with E-state index < -0.39 is 0 Å². The van der Waals surface area contributed by atoms with Crippen LogP contribution in [-0.4, -0.2) is 19.5 Å². The first-order chi connectivity index (χ1) is 12.7. The van der Waals surface area contributed by atoms with Crippen LogP contribution < -0.4 is 15.1 Å². The summed E-state index contributed by atoms with van der Waals surface area (Å²) in [6.07, 6.45) is 2.65. The van der Waals surface area contributed by atoms with Gasteiger partial charge in [-0.2, -0.15) is 0 Å². The predicted octanol–water partition coefficient (Wildman–Crippen LogP) is 3.55. The fourth-order valence-electron chi connectivity index (χ4n) is 3.38. The fraction of sp³-hybridized carbons (Fsp3) is 0.238. The molecule has 0 amide bonds. The second kappa shape index (κ2) is 6.67. The molecule has 0 atom stereocenters. The van der Waals surface area contributed by atoms with E-state index in [9.17, 15) is 9.59 Å². The molecule has 0 radical (unpaired) electrons. The van der Waals surface area contributed by atoms with Crippen molar-refractivity contribution in [3.63, 3.8) is 0 Å². The summed E-state index contributed by atoms with van der Waals surface area (Å²) in [4.78, 5) is 24.4. The number of ketones is 1. The van der Waals surface area contributed by atoms with Crippen molar-refractivity contribution >= 4 is 16.8 Å². The van der Waals surface area contributed by atoms with Crippen LogP contribution in [0.1, 0.15) is 27.9 Å². The number of fused-ring (bicyclic) bond motifs is 3. The van der Waals surface area contributed by atoms with Crippen molar-refractivity contribution in [2.45, 2.75) is 19.3 Å². The van der Waals surface area contributed by atoms with Crippen LogP contribution in [0.4, 0.5) is 0 Å². The van der Waals surface area contributed by atoms with Gasteiger partial charge in [-0.15, -0.1) is 0 Å². The van der Waals surface area contributed by atoms with Crippen LogP contribution in [0, 0.1) is 0 Å². The minimum Gasteiger partial charge on any atom is -0.497 e. The Balaban J connectivity index is 1.55. The molecule has 0 bridgehead atoms. The van der Waals surface area contributed by atoms with Crippen LogP contribution >= 0.6 is 0 Å². The van der Waals surface area contributed by atoms with Crippen LogP contribution in [-0.2, 0) is 12.8 Å². The lowest BCUT2D eigenvalue weighted by molar-refractivity contribution is 0.0921. The van der Waals surface area contributed by atoms with Gasteiger partial charge >= 0.3 is 5.63 Å². The molecule has 0 saturated carbocycles. The fourth-order valence-corrected chi connectivity index (χ4v) is 3.38. The molecular weight excluding hydrogens is 332 g/mol. The molecule has 5 heteroatoms. The molecule has 0 aliphatic heterocycles. The first kappa shape index (κ1) is 16.4. The van der Waals surface area contributed by atoms with E-state index in [0.717, 1.165) is 35.8 Å². The number of carbonyl (C=O) groups excluding carboxylic acids is 1. The summed E-state index contributed by atoms with van der Waals surface area (Å²) < 4.78 is 16.2. The average Bonchev–Trinajstić information content (AvgIpc) is 3.16. The maximum Gasteiger partial charge on any atom is 0.339 e. The maximum absolute atomic E-state index is 12.3. The lowest BCUT2D eigenvalue weighted by Gasteiger charge is -2.09. The van der Waals surface area contributed by atoms with Crippen molar-refractivity contribution < 1.29 is 18.7 Å². The van der Waals surface area contributed by atoms with Crippen LogP contribution in [0.5, 0.6) is 11.5 Å². The van der Waals surface area contributed by atoms with E-state index in [2.05, 4.69) is 0 Å². The van der Waals surface area contributed by atoms with Gasteiger partial charge in [-0.05, 0) is 49.1 Å². The number of hydrogen-bond acceptors (Lipinski definition) is 5. The third-order valence-corrected chi connectivity index (χ3v) is 4.71. The van der Waals surface area contributed by atoms with E-state index in [1.165, 1.54) is 0 Å². The summed E-state index contributed by atoms with van der Waals surface area (Å²) in [7, 11) is 1.56. The summed E-state index contributed by atoms with van der Waals surface area (Å²) in [6.45, 7) is -0.103. The SMILES string of the molecule is COc1cccc(C(=O)COc2ccc3c4c(c(=O)oc3c2)CCC4)c1. The van der Waals surface area contributed by atoms with Crippen molar-refractivity contribution in [1.82, 2.24) is 0 Å². The molecule has 0 saturated heterocycles. The van der Waals surface area contributed by atoms with Gasteiger partial charge in [0.05, 0.1) is 7.11 Å². The molecular formula is C21H18O5. The third-order valence-electron chi connectivity index (χ3n) is 4.71. The monoisotopic (exact) mass is 350 g/mol. The summed E-state index contributed by atoms with van der Waals surface area (Å²) >= 11 is 0. The Kier molecular flexibility index (Phi) is 4.21. The number of carbonyl (C=O) groups is 1. The quantitative estimate of drug-likeness (QED) is 0.520. The molecule has 0 spiro atoms. The van der Waals surface area contributed by atoms with E-state index in [0.29, 0.717) is 22.6 Å². The van der Waals surface area contributed by atoms with Gasteiger partial charge in [0.2, 0.25) is 0 Å². The van der Waals surface area contributed by atoms with Gasteiger partial charge < -0.3 is 13.9 Å². The predicted molar refractivity (Wildman–Crippen MR) is 97.3 cm³/mol. The first-order valence-corrected chi connectivity index (χ1v) is 8.54. The summed E-state index contributed by atoms with van der Waals surface area (Å²) in [6, 6.07) is 12.3. The van der Waals surface area contributed by atoms with Crippen LogP contribution in [0.25, 0.3) is 11.0 Å². The molecule has 2 aromatic carbocycles. The van der Waals surface area contributed by atoms with E-state index in [4.69, 9.17) is 13.9 Å². The number of rotatable bonds is 5. The molecule has 0 unspecified atom stereocenters. The number of benzene rings is 2. The first-order valence-electron chi connectivity index (χ1n) is 8.54. The van der Waals surface area contributed by atoms with Gasteiger partial charge in [0.1, 0.15) is 17.1 Å². The normalized spacial score (nSPS) is 12.8. The molecule has 1 heterocycles. The topological polar surface area (TPSA) is 65.7 Å². The van der Waals surface area contributed by atoms with Crippen LogP contribution in [0.15, 0.2) is 51.7 Å². The van der Waals surface area contributed by atoms with Crippen LogP contribution in [0.3, 0.4) is 0 Å². The molecule has 1 aliphatic carbocycles. The number of hydrogen-bond donors (Lipinski definition) is 0. The maximum atomic E-state index is 12.3.